The predicted molar refractivity (Wildman–Crippen MR) is 87.8 cm³/mol. The van der Waals surface area contributed by atoms with Crippen LogP contribution in [0.2, 0.25) is 0 Å². The molecule has 10 unspecified atom stereocenters. The van der Waals surface area contributed by atoms with Crippen LogP contribution >= 0.6 is 0 Å². The van der Waals surface area contributed by atoms with E-state index in [9.17, 15) is 0 Å². The number of fused-ring (bicyclic) bond motifs is 2. The molecule has 6 aliphatic rings. The Bertz CT molecular complexity index is 579. The average molecular weight is 287 g/mol. The van der Waals surface area contributed by atoms with E-state index in [1.54, 1.807) is 0 Å². The first kappa shape index (κ1) is 13.4. The molecule has 0 heteroatoms. The Morgan fingerprint density at radius 2 is 1.48 bits per heavy atom. The average Bonchev–Trinajstić information content (AvgIpc) is 2.47. The molecule has 6 aliphatic carbocycles. The Kier molecular flexibility index (Phi) is 1.78. The van der Waals surface area contributed by atoms with Gasteiger partial charge in [0.2, 0.25) is 0 Å². The lowest BCUT2D eigenvalue weighted by molar-refractivity contribution is -0.388. The van der Waals surface area contributed by atoms with Gasteiger partial charge in [0, 0.05) is 0 Å². The quantitative estimate of drug-likeness (QED) is 0.530. The molecule has 6 bridgehead atoms. The van der Waals surface area contributed by atoms with Gasteiger partial charge in [-0.3, -0.25) is 0 Å². The van der Waals surface area contributed by atoms with E-state index in [0.29, 0.717) is 32.5 Å². The van der Waals surface area contributed by atoms with E-state index < -0.39 is 0 Å². The van der Waals surface area contributed by atoms with Crippen molar-refractivity contribution in [3.05, 3.63) is 0 Å². The maximum Gasteiger partial charge on any atom is -0.0155 e. The first-order valence-electron chi connectivity index (χ1n) is 9.46. The highest BCUT2D eigenvalue weighted by Crippen LogP contribution is 3.00. The molecule has 0 amide bonds. The molecule has 0 aromatic carbocycles. The van der Waals surface area contributed by atoms with Gasteiger partial charge >= 0.3 is 0 Å². The van der Waals surface area contributed by atoms with Crippen LogP contribution in [-0.4, -0.2) is 0 Å². The van der Waals surface area contributed by atoms with Crippen LogP contribution < -0.4 is 0 Å². The van der Waals surface area contributed by atoms with Crippen LogP contribution in [0.3, 0.4) is 0 Å². The molecule has 0 saturated heterocycles. The smallest absolute Gasteiger partial charge is 0.0155 e. The van der Waals surface area contributed by atoms with Gasteiger partial charge in [0.05, 0.1) is 0 Å². The molecule has 6 saturated carbocycles. The second kappa shape index (κ2) is 2.78. The highest BCUT2D eigenvalue weighted by molar-refractivity contribution is 5.42. The lowest BCUT2D eigenvalue weighted by Crippen LogP contribution is -2.81. The summed E-state index contributed by atoms with van der Waals surface area (Å²) in [6.07, 6.45) is 4.52. The molecule has 0 aliphatic heterocycles. The molecule has 6 fully saturated rings. The van der Waals surface area contributed by atoms with Gasteiger partial charge < -0.3 is 0 Å². The van der Waals surface area contributed by atoms with Gasteiger partial charge in [-0.1, -0.05) is 55.4 Å². The maximum atomic E-state index is 2.73. The summed E-state index contributed by atoms with van der Waals surface area (Å²) in [6, 6.07) is 0. The second-order valence-electron chi connectivity index (χ2n) is 11.3. The third-order valence-corrected chi connectivity index (χ3v) is 12.2. The second-order valence-corrected chi connectivity index (χ2v) is 11.3. The molecule has 0 aromatic heterocycles. The molecule has 0 nitrogen and oxygen atoms in total. The normalized spacial score (nSPS) is 80.0. The number of hydrogen-bond acceptors (Lipinski definition) is 0. The first-order chi connectivity index (χ1) is 9.46. The summed E-state index contributed by atoms with van der Waals surface area (Å²) in [5.74, 6) is 3.86. The summed E-state index contributed by atoms with van der Waals surface area (Å²) in [4.78, 5) is 0. The highest BCUT2D eigenvalue weighted by atomic mass is 15.0. The molecular formula is C21H34. The zero-order valence-electron chi connectivity index (χ0n) is 15.4. The zero-order valence-corrected chi connectivity index (χ0v) is 15.4. The molecule has 118 valence electrons. The van der Waals surface area contributed by atoms with E-state index in [2.05, 4.69) is 55.4 Å². The topological polar surface area (TPSA) is 0 Å². The third-order valence-electron chi connectivity index (χ3n) is 12.2. The van der Waals surface area contributed by atoms with Crippen LogP contribution in [0.15, 0.2) is 0 Å². The molecule has 6 rings (SSSR count). The Labute approximate surface area is 131 Å². The van der Waals surface area contributed by atoms with Crippen LogP contribution in [-0.2, 0) is 0 Å². The van der Waals surface area contributed by atoms with E-state index in [4.69, 9.17) is 0 Å². The molecular weight excluding hydrogens is 252 g/mol. The molecule has 21 heavy (non-hydrogen) atoms. The van der Waals surface area contributed by atoms with Crippen molar-refractivity contribution in [1.82, 2.24) is 0 Å². The Morgan fingerprint density at radius 3 is 2.10 bits per heavy atom. The number of hydrogen-bond donors (Lipinski definition) is 0. The van der Waals surface area contributed by atoms with Gasteiger partial charge in [0.25, 0.3) is 0 Å². The van der Waals surface area contributed by atoms with Gasteiger partial charge in [0.1, 0.15) is 0 Å². The Morgan fingerprint density at radius 1 is 0.857 bits per heavy atom. The minimum Gasteiger partial charge on any atom is -0.0622 e. The summed E-state index contributed by atoms with van der Waals surface area (Å²) in [5, 5.41) is 0. The van der Waals surface area contributed by atoms with Crippen LogP contribution in [0.5, 0.6) is 0 Å². The van der Waals surface area contributed by atoms with Crippen molar-refractivity contribution >= 4 is 0 Å². The first-order valence-corrected chi connectivity index (χ1v) is 9.46. The van der Waals surface area contributed by atoms with Gasteiger partial charge in [-0.2, -0.15) is 0 Å². The molecule has 0 aromatic rings. The maximum absolute atomic E-state index is 2.73. The molecule has 0 N–H and O–H groups in total. The summed E-state index contributed by atoms with van der Waals surface area (Å²) in [5.41, 5.74) is 3.49. The van der Waals surface area contributed by atoms with Gasteiger partial charge in [0.15, 0.2) is 0 Å². The standard InChI is InChI=1S/C21H34/c1-12-9-16(3)11-18(5)20(7)15(12)14-10-17(4,21(16,18)8)13(2)19(14,20)6/h12-15H,9-11H2,1-8H3. The van der Waals surface area contributed by atoms with E-state index in [1.165, 1.54) is 19.3 Å². The van der Waals surface area contributed by atoms with Crippen LogP contribution in [0, 0.1) is 56.2 Å². The van der Waals surface area contributed by atoms with Gasteiger partial charge in [-0.25, -0.2) is 0 Å². The van der Waals surface area contributed by atoms with Crippen molar-refractivity contribution in [3.63, 3.8) is 0 Å². The highest BCUT2D eigenvalue weighted by Gasteiger charge is 2.94. The van der Waals surface area contributed by atoms with Crippen molar-refractivity contribution in [2.45, 2.75) is 74.7 Å². The third kappa shape index (κ3) is 0.749. The Balaban J connectivity index is 1.91. The summed E-state index contributed by atoms with van der Waals surface area (Å²) < 4.78 is 0. The molecule has 10 atom stereocenters. The fourth-order valence-electron chi connectivity index (χ4n) is 11.2. The Hall–Kier alpha value is 0. The fraction of sp³-hybridized carbons (Fsp3) is 1.00. The molecule has 0 heterocycles. The van der Waals surface area contributed by atoms with Crippen LogP contribution in [0.1, 0.15) is 74.7 Å². The molecule has 0 radical (unpaired) electrons. The monoisotopic (exact) mass is 286 g/mol. The minimum absolute atomic E-state index is 0.551. The summed E-state index contributed by atoms with van der Waals surface area (Å²) in [6.45, 7) is 21.5. The van der Waals surface area contributed by atoms with Gasteiger partial charge in [-0.05, 0) is 75.4 Å². The zero-order chi connectivity index (χ0) is 15.4. The van der Waals surface area contributed by atoms with Crippen molar-refractivity contribution in [1.29, 1.82) is 0 Å². The number of rotatable bonds is 0. The van der Waals surface area contributed by atoms with E-state index >= 15 is 0 Å². The van der Waals surface area contributed by atoms with Crippen molar-refractivity contribution in [2.75, 3.05) is 0 Å². The van der Waals surface area contributed by atoms with Crippen molar-refractivity contribution < 1.29 is 0 Å². The lowest BCUT2D eigenvalue weighted by Gasteiger charge is -2.86. The SMILES string of the molecule is CC1CC2(C)CC3(C)C4(C)C1C1CC(C)(C(C)C14C)C23C. The van der Waals surface area contributed by atoms with Crippen molar-refractivity contribution in [2.24, 2.45) is 56.2 Å². The van der Waals surface area contributed by atoms with Crippen LogP contribution in [0.25, 0.3) is 0 Å². The lowest BCUT2D eigenvalue weighted by atomic mass is 9.18. The fourth-order valence-corrected chi connectivity index (χ4v) is 11.2. The largest absolute Gasteiger partial charge is 0.0622 e. The molecule has 0 spiro atoms. The van der Waals surface area contributed by atoms with E-state index in [1.807, 2.05) is 0 Å². The van der Waals surface area contributed by atoms with E-state index in [-0.39, 0.29) is 0 Å². The minimum atomic E-state index is 0.551. The van der Waals surface area contributed by atoms with Crippen LogP contribution in [0.4, 0.5) is 0 Å². The summed E-state index contributed by atoms with van der Waals surface area (Å²) >= 11 is 0. The predicted octanol–water partition coefficient (Wildman–Crippen LogP) is 5.77. The van der Waals surface area contributed by atoms with Crippen molar-refractivity contribution in [3.8, 4) is 0 Å². The summed E-state index contributed by atoms with van der Waals surface area (Å²) in [7, 11) is 0. The van der Waals surface area contributed by atoms with E-state index in [0.717, 1.165) is 23.7 Å². The van der Waals surface area contributed by atoms with Gasteiger partial charge in [-0.15, -0.1) is 0 Å².